The van der Waals surface area contributed by atoms with Crippen LogP contribution in [0.2, 0.25) is 0 Å². The Morgan fingerprint density at radius 1 is 1.36 bits per heavy atom. The van der Waals surface area contributed by atoms with Crippen LogP contribution in [0.4, 0.5) is 0 Å². The van der Waals surface area contributed by atoms with Crippen molar-refractivity contribution in [1.29, 1.82) is 0 Å². The number of nitrogens with zero attached hydrogens (tertiary/aromatic N) is 2. The molecule has 0 saturated carbocycles. The molecule has 8 heteroatoms. The Balaban J connectivity index is 1.67. The summed E-state index contributed by atoms with van der Waals surface area (Å²) in [6.45, 7) is 7.14. The maximum atomic E-state index is 13.4. The van der Waals surface area contributed by atoms with Gasteiger partial charge >= 0.3 is 0 Å². The third-order valence-corrected chi connectivity index (χ3v) is 7.21. The molecule has 0 unspecified atom stereocenters. The summed E-state index contributed by atoms with van der Waals surface area (Å²) in [5.41, 5.74) is 0.945. The number of ether oxygens (including phenoxy) is 1. The fourth-order valence-electron chi connectivity index (χ4n) is 3.91. The Morgan fingerprint density at radius 3 is 2.89 bits per heavy atom. The smallest absolute Gasteiger partial charge is 0.263 e. The summed E-state index contributed by atoms with van der Waals surface area (Å²) >= 11 is 2.98. The highest BCUT2D eigenvalue weighted by Gasteiger charge is 2.26. The zero-order valence-corrected chi connectivity index (χ0v) is 18.3. The molecular weight excluding hydrogens is 394 g/mol. The molecule has 0 spiro atoms. The fraction of sp³-hybridized carbons (Fsp3) is 0.650. The van der Waals surface area contributed by atoms with E-state index in [1.807, 2.05) is 20.8 Å². The SMILES string of the molecule is CC(C)(C)NC(=O)CSc1nc2sc3c(c2c(=O)n1C[C@H]1CCCO1)CCC3. The number of thiophene rings is 1. The fourth-order valence-corrected chi connectivity index (χ4v) is 6.02. The molecule has 0 aromatic carbocycles. The number of aryl methyl sites for hydroxylation is 2. The van der Waals surface area contributed by atoms with Gasteiger partial charge in [0.15, 0.2) is 5.16 Å². The number of carbonyl (C=O) groups is 1. The minimum atomic E-state index is -0.277. The third-order valence-electron chi connectivity index (χ3n) is 5.05. The summed E-state index contributed by atoms with van der Waals surface area (Å²) in [6.07, 6.45) is 5.16. The number of fused-ring (bicyclic) bond motifs is 3. The van der Waals surface area contributed by atoms with Crippen molar-refractivity contribution in [3.8, 4) is 0 Å². The van der Waals surface area contributed by atoms with Gasteiger partial charge < -0.3 is 10.1 Å². The van der Waals surface area contributed by atoms with Gasteiger partial charge in [-0.05, 0) is 58.4 Å². The predicted octanol–water partition coefficient (Wildman–Crippen LogP) is 3.13. The molecule has 1 amide bonds. The Bertz CT molecular complexity index is 952. The van der Waals surface area contributed by atoms with Crippen molar-refractivity contribution < 1.29 is 9.53 Å². The lowest BCUT2D eigenvalue weighted by Gasteiger charge is -2.20. The molecule has 2 aromatic rings. The van der Waals surface area contributed by atoms with E-state index in [0.29, 0.717) is 11.7 Å². The van der Waals surface area contributed by atoms with Gasteiger partial charge in [0.2, 0.25) is 5.91 Å². The summed E-state index contributed by atoms with van der Waals surface area (Å²) in [7, 11) is 0. The molecule has 1 N–H and O–H groups in total. The molecule has 4 rings (SSSR count). The summed E-state index contributed by atoms with van der Waals surface area (Å²) in [5, 5.41) is 4.38. The Labute approximate surface area is 173 Å². The van der Waals surface area contributed by atoms with Gasteiger partial charge in [0.05, 0.1) is 23.8 Å². The van der Waals surface area contributed by atoms with Crippen molar-refractivity contribution in [3.05, 3.63) is 20.8 Å². The molecule has 1 saturated heterocycles. The van der Waals surface area contributed by atoms with Crippen LogP contribution in [0.5, 0.6) is 0 Å². The first-order valence-electron chi connectivity index (χ1n) is 9.92. The van der Waals surface area contributed by atoms with E-state index in [2.05, 4.69) is 5.32 Å². The molecule has 1 atom stereocenters. The molecule has 0 bridgehead atoms. The quantitative estimate of drug-likeness (QED) is 0.593. The lowest BCUT2D eigenvalue weighted by molar-refractivity contribution is -0.119. The number of carbonyl (C=O) groups excluding carboxylic acids is 1. The van der Waals surface area contributed by atoms with Crippen LogP contribution >= 0.6 is 23.1 Å². The summed E-state index contributed by atoms with van der Waals surface area (Å²) in [4.78, 5) is 32.6. The van der Waals surface area contributed by atoms with Crippen molar-refractivity contribution >= 4 is 39.2 Å². The van der Waals surface area contributed by atoms with Gasteiger partial charge in [-0.3, -0.25) is 14.2 Å². The van der Waals surface area contributed by atoms with Gasteiger partial charge in [0, 0.05) is 17.0 Å². The van der Waals surface area contributed by atoms with Gasteiger partial charge in [-0.2, -0.15) is 0 Å². The van der Waals surface area contributed by atoms with Crippen molar-refractivity contribution in [1.82, 2.24) is 14.9 Å². The van der Waals surface area contributed by atoms with E-state index in [1.54, 1.807) is 15.9 Å². The molecule has 152 valence electrons. The number of aromatic nitrogens is 2. The standard InChI is InChI=1S/C20H27N3O3S2/c1-20(2,3)22-15(24)11-27-19-21-17-16(13-7-4-8-14(13)28-17)18(25)23(19)10-12-6-5-9-26-12/h12H,4-11H2,1-3H3,(H,22,24)/t12-/m1/s1. The molecular formula is C20H27N3O3S2. The lowest BCUT2D eigenvalue weighted by atomic mass is 10.1. The zero-order chi connectivity index (χ0) is 19.9. The highest BCUT2D eigenvalue weighted by molar-refractivity contribution is 7.99. The van der Waals surface area contributed by atoms with Gasteiger partial charge in [0.25, 0.3) is 5.56 Å². The van der Waals surface area contributed by atoms with Gasteiger partial charge in [-0.15, -0.1) is 11.3 Å². The normalized spacial score (nSPS) is 19.3. The van der Waals surface area contributed by atoms with Crippen molar-refractivity contribution in [2.24, 2.45) is 0 Å². The molecule has 28 heavy (non-hydrogen) atoms. The first-order chi connectivity index (χ1) is 13.3. The second kappa shape index (κ2) is 7.80. The van der Waals surface area contributed by atoms with E-state index >= 15 is 0 Å². The van der Waals surface area contributed by atoms with Crippen LogP contribution < -0.4 is 10.9 Å². The van der Waals surface area contributed by atoms with E-state index < -0.39 is 0 Å². The van der Waals surface area contributed by atoms with Crippen molar-refractivity contribution in [2.75, 3.05) is 12.4 Å². The van der Waals surface area contributed by atoms with E-state index in [-0.39, 0.29) is 28.9 Å². The van der Waals surface area contributed by atoms with Gasteiger partial charge in [-0.25, -0.2) is 4.98 Å². The average Bonchev–Trinajstić information content (AvgIpc) is 3.31. The van der Waals surface area contributed by atoms with E-state index in [0.717, 1.165) is 48.9 Å². The zero-order valence-electron chi connectivity index (χ0n) is 16.7. The minimum Gasteiger partial charge on any atom is -0.376 e. The van der Waals surface area contributed by atoms with Crippen LogP contribution in [0, 0.1) is 0 Å². The van der Waals surface area contributed by atoms with E-state index in [4.69, 9.17) is 9.72 Å². The van der Waals surface area contributed by atoms with Crippen LogP contribution in [0.15, 0.2) is 9.95 Å². The Hall–Kier alpha value is -1.38. The monoisotopic (exact) mass is 421 g/mol. The largest absolute Gasteiger partial charge is 0.376 e. The van der Waals surface area contributed by atoms with Crippen LogP contribution in [0.25, 0.3) is 10.2 Å². The second-order valence-electron chi connectivity index (χ2n) is 8.57. The van der Waals surface area contributed by atoms with Gasteiger partial charge in [0.1, 0.15) is 4.83 Å². The number of hydrogen-bond acceptors (Lipinski definition) is 6. The van der Waals surface area contributed by atoms with Crippen LogP contribution in [0.3, 0.4) is 0 Å². The third kappa shape index (κ3) is 4.14. The predicted molar refractivity (Wildman–Crippen MR) is 113 cm³/mol. The Kier molecular flexibility index (Phi) is 5.55. The minimum absolute atomic E-state index is 0.0265. The molecule has 6 nitrogen and oxygen atoms in total. The lowest BCUT2D eigenvalue weighted by Crippen LogP contribution is -2.41. The molecule has 3 heterocycles. The number of amides is 1. The van der Waals surface area contributed by atoms with Crippen molar-refractivity contribution in [2.45, 2.75) is 76.2 Å². The van der Waals surface area contributed by atoms with Crippen molar-refractivity contribution in [3.63, 3.8) is 0 Å². The Morgan fingerprint density at radius 2 is 2.18 bits per heavy atom. The summed E-state index contributed by atoms with van der Waals surface area (Å²) < 4.78 is 7.52. The molecule has 2 aliphatic rings. The van der Waals surface area contributed by atoms with E-state index in [1.165, 1.54) is 22.2 Å². The molecule has 2 aromatic heterocycles. The van der Waals surface area contributed by atoms with Crippen LogP contribution in [-0.2, 0) is 28.9 Å². The first kappa shape index (κ1) is 19.9. The highest BCUT2D eigenvalue weighted by atomic mass is 32.2. The highest BCUT2D eigenvalue weighted by Crippen LogP contribution is 2.35. The number of thioether (sulfide) groups is 1. The number of rotatable bonds is 5. The molecule has 1 aliphatic carbocycles. The summed E-state index contributed by atoms with van der Waals surface area (Å²) in [6, 6.07) is 0. The number of nitrogens with one attached hydrogen (secondary N) is 1. The van der Waals surface area contributed by atoms with Gasteiger partial charge in [-0.1, -0.05) is 11.8 Å². The summed E-state index contributed by atoms with van der Waals surface area (Å²) in [5.74, 6) is 0.190. The molecule has 1 fully saturated rings. The average molecular weight is 422 g/mol. The maximum absolute atomic E-state index is 13.4. The second-order valence-corrected chi connectivity index (χ2v) is 10.6. The molecule has 0 radical (unpaired) electrons. The first-order valence-corrected chi connectivity index (χ1v) is 11.7. The number of hydrogen-bond donors (Lipinski definition) is 1. The van der Waals surface area contributed by atoms with Crippen LogP contribution in [0.1, 0.15) is 50.5 Å². The maximum Gasteiger partial charge on any atom is 0.263 e. The van der Waals surface area contributed by atoms with Crippen LogP contribution in [-0.4, -0.2) is 39.5 Å². The molecule has 1 aliphatic heterocycles. The van der Waals surface area contributed by atoms with E-state index in [9.17, 15) is 9.59 Å². The topological polar surface area (TPSA) is 73.2 Å².